The molecule has 3 aromatic heterocycles. The van der Waals surface area contributed by atoms with Crippen LogP contribution in [0.3, 0.4) is 0 Å². The Morgan fingerprint density at radius 1 is 1.26 bits per heavy atom. The Bertz CT molecular complexity index is 1010. The molecule has 0 saturated carbocycles. The summed E-state index contributed by atoms with van der Waals surface area (Å²) in [6, 6.07) is 8.05. The normalized spacial score (nSPS) is 14.5. The highest BCUT2D eigenvalue weighted by molar-refractivity contribution is 7.08. The van der Waals surface area contributed by atoms with Crippen LogP contribution >= 0.6 is 11.3 Å². The Balaban J connectivity index is 0.000000339. The van der Waals surface area contributed by atoms with Crippen LogP contribution in [0.15, 0.2) is 41.2 Å². The van der Waals surface area contributed by atoms with E-state index in [4.69, 9.17) is 9.90 Å². The van der Waals surface area contributed by atoms with Crippen LogP contribution in [0.5, 0.6) is 0 Å². The minimum absolute atomic E-state index is 0.123. The molecular formula is C19H20F3N5O3S. The fraction of sp³-hybridized carbons (Fsp3) is 0.316. The molecule has 0 spiro atoms. The number of carboxylic acids is 1. The molecule has 0 aliphatic carbocycles. The molecule has 1 amide bonds. The second-order valence-corrected chi connectivity index (χ2v) is 7.50. The molecule has 4 rings (SSSR count). The van der Waals surface area contributed by atoms with Gasteiger partial charge in [-0.25, -0.2) is 4.79 Å². The van der Waals surface area contributed by atoms with Gasteiger partial charge in [-0.05, 0) is 49.5 Å². The maximum atomic E-state index is 12.6. The number of hydrogen-bond acceptors (Lipinski definition) is 5. The number of nitrogens with zero attached hydrogens (tertiary/aromatic N) is 2. The van der Waals surface area contributed by atoms with Gasteiger partial charge >= 0.3 is 12.1 Å². The molecular weight excluding hydrogens is 435 g/mol. The van der Waals surface area contributed by atoms with Gasteiger partial charge in [0.1, 0.15) is 5.69 Å². The fourth-order valence-corrected chi connectivity index (χ4v) is 3.78. The lowest BCUT2D eigenvalue weighted by Crippen LogP contribution is -2.31. The number of anilines is 1. The van der Waals surface area contributed by atoms with Crippen molar-refractivity contribution in [2.75, 3.05) is 18.4 Å². The molecule has 0 unspecified atom stereocenters. The quantitative estimate of drug-likeness (QED) is 0.479. The molecule has 1 aliphatic rings. The van der Waals surface area contributed by atoms with E-state index in [-0.39, 0.29) is 5.91 Å². The summed E-state index contributed by atoms with van der Waals surface area (Å²) in [5, 5.41) is 24.6. The predicted octanol–water partition coefficient (Wildman–Crippen LogP) is 3.75. The lowest BCUT2D eigenvalue weighted by molar-refractivity contribution is -0.192. The number of carboxylic acid groups (broad SMARTS) is 1. The molecule has 12 heteroatoms. The molecule has 1 aliphatic heterocycles. The third kappa shape index (κ3) is 5.95. The highest BCUT2D eigenvalue weighted by atomic mass is 32.1. The number of carbonyl (C=O) groups excluding carboxylic acids is 1. The zero-order valence-corrected chi connectivity index (χ0v) is 17.0. The Labute approximate surface area is 179 Å². The molecule has 31 heavy (non-hydrogen) atoms. The van der Waals surface area contributed by atoms with Crippen LogP contribution in [-0.4, -0.2) is 51.0 Å². The fourth-order valence-electron chi connectivity index (χ4n) is 3.12. The molecule has 1 fully saturated rings. The molecule has 166 valence electrons. The molecule has 0 bridgehead atoms. The van der Waals surface area contributed by atoms with E-state index >= 15 is 0 Å². The van der Waals surface area contributed by atoms with Crippen molar-refractivity contribution in [3.63, 3.8) is 0 Å². The lowest BCUT2D eigenvalue weighted by atomic mass is 10.1. The zero-order chi connectivity index (χ0) is 22.4. The average molecular weight is 455 g/mol. The third-order valence-corrected chi connectivity index (χ3v) is 5.29. The van der Waals surface area contributed by atoms with Crippen molar-refractivity contribution in [3.8, 4) is 11.3 Å². The number of nitrogens with one attached hydrogen (secondary N) is 3. The average Bonchev–Trinajstić information content (AvgIpc) is 3.49. The van der Waals surface area contributed by atoms with Crippen LogP contribution in [0.4, 0.5) is 19.0 Å². The van der Waals surface area contributed by atoms with Crippen molar-refractivity contribution in [3.05, 3.63) is 46.9 Å². The summed E-state index contributed by atoms with van der Waals surface area (Å²) in [6.45, 7) is 1.99. The third-order valence-electron chi connectivity index (χ3n) is 4.61. The van der Waals surface area contributed by atoms with Gasteiger partial charge in [-0.3, -0.25) is 9.89 Å². The minimum Gasteiger partial charge on any atom is -0.475 e. The van der Waals surface area contributed by atoms with Crippen molar-refractivity contribution in [2.45, 2.75) is 25.1 Å². The Morgan fingerprint density at radius 3 is 2.58 bits per heavy atom. The van der Waals surface area contributed by atoms with Gasteiger partial charge in [0.25, 0.3) is 5.91 Å². The summed E-state index contributed by atoms with van der Waals surface area (Å²) in [5.41, 5.74) is 2.66. The maximum Gasteiger partial charge on any atom is 0.490 e. The van der Waals surface area contributed by atoms with Gasteiger partial charge in [0.15, 0.2) is 5.82 Å². The predicted molar refractivity (Wildman–Crippen MR) is 109 cm³/mol. The van der Waals surface area contributed by atoms with Gasteiger partial charge in [0, 0.05) is 29.2 Å². The Hall–Kier alpha value is -3.12. The van der Waals surface area contributed by atoms with Gasteiger partial charge in [0.2, 0.25) is 0 Å². The van der Waals surface area contributed by atoms with Gasteiger partial charge in [-0.1, -0.05) is 0 Å². The van der Waals surface area contributed by atoms with Gasteiger partial charge < -0.3 is 20.3 Å². The van der Waals surface area contributed by atoms with E-state index in [0.29, 0.717) is 17.6 Å². The van der Waals surface area contributed by atoms with E-state index in [1.165, 1.54) is 0 Å². The highest BCUT2D eigenvalue weighted by Crippen LogP contribution is 2.24. The summed E-state index contributed by atoms with van der Waals surface area (Å²) in [6.07, 6.45) is -1.01. The van der Waals surface area contributed by atoms with E-state index in [0.717, 1.165) is 37.2 Å². The van der Waals surface area contributed by atoms with Crippen LogP contribution < -0.4 is 10.6 Å². The number of alkyl halides is 3. The van der Waals surface area contributed by atoms with Crippen molar-refractivity contribution in [2.24, 2.45) is 0 Å². The minimum atomic E-state index is -5.08. The smallest absolute Gasteiger partial charge is 0.475 e. The van der Waals surface area contributed by atoms with Crippen molar-refractivity contribution in [1.29, 1.82) is 0 Å². The number of thiophene rings is 1. The largest absolute Gasteiger partial charge is 0.490 e. The topological polar surface area (TPSA) is 112 Å². The number of piperidine rings is 1. The molecule has 4 heterocycles. The van der Waals surface area contributed by atoms with E-state index in [1.807, 2.05) is 41.2 Å². The number of rotatable bonds is 4. The van der Waals surface area contributed by atoms with Crippen LogP contribution in [0.25, 0.3) is 11.3 Å². The first-order chi connectivity index (χ1) is 14.8. The second kappa shape index (κ2) is 9.79. The van der Waals surface area contributed by atoms with E-state index in [2.05, 4.69) is 25.4 Å². The molecule has 4 N–H and O–H groups in total. The number of aliphatic carboxylic acids is 1. The summed E-state index contributed by atoms with van der Waals surface area (Å²) in [4.78, 5) is 21.5. The number of H-pyrrole nitrogens is 1. The standard InChI is InChI=1S/C17H19N5OS.C2HF3O2/c23-17(15-2-1-8-22(15)13-3-6-18-7-4-13)19-16-10-14(20-21-16)12-5-9-24-11-12;3-2(4,5)1(6)7/h1-2,5,8-11,13,18H,3-4,6-7H2,(H2,19,20,21,23);(H,6,7). The van der Waals surface area contributed by atoms with E-state index < -0.39 is 12.1 Å². The summed E-state index contributed by atoms with van der Waals surface area (Å²) in [5.74, 6) is -2.34. The molecule has 8 nitrogen and oxygen atoms in total. The number of aromatic amines is 1. The molecule has 1 saturated heterocycles. The van der Waals surface area contributed by atoms with Crippen LogP contribution in [0.1, 0.15) is 29.4 Å². The second-order valence-electron chi connectivity index (χ2n) is 6.72. The monoisotopic (exact) mass is 455 g/mol. The number of amides is 1. The number of aromatic nitrogens is 3. The van der Waals surface area contributed by atoms with E-state index in [9.17, 15) is 18.0 Å². The lowest BCUT2D eigenvalue weighted by Gasteiger charge is -2.25. The SMILES string of the molecule is O=C(Nc1cc(-c2ccsc2)[nH]n1)c1cccn1C1CCNCC1.O=C(O)C(F)(F)F. The number of halogens is 3. The maximum absolute atomic E-state index is 12.6. The van der Waals surface area contributed by atoms with Crippen molar-refractivity contribution in [1.82, 2.24) is 20.1 Å². The molecule has 0 radical (unpaired) electrons. The number of carbonyl (C=O) groups is 2. The van der Waals surface area contributed by atoms with Crippen LogP contribution in [-0.2, 0) is 4.79 Å². The van der Waals surface area contributed by atoms with Crippen LogP contribution in [0.2, 0.25) is 0 Å². The van der Waals surface area contributed by atoms with E-state index in [1.54, 1.807) is 11.3 Å². The van der Waals surface area contributed by atoms with Crippen molar-refractivity contribution < 1.29 is 27.9 Å². The zero-order valence-electron chi connectivity index (χ0n) is 16.1. The number of hydrogen-bond donors (Lipinski definition) is 4. The van der Waals surface area contributed by atoms with Crippen LogP contribution in [0, 0.1) is 0 Å². The van der Waals surface area contributed by atoms with Gasteiger partial charge in [-0.15, -0.1) is 0 Å². The summed E-state index contributed by atoms with van der Waals surface area (Å²) < 4.78 is 33.8. The first-order valence-corrected chi connectivity index (χ1v) is 10.3. The Kier molecular flexibility index (Phi) is 7.13. The summed E-state index contributed by atoms with van der Waals surface area (Å²) >= 11 is 1.63. The summed E-state index contributed by atoms with van der Waals surface area (Å²) in [7, 11) is 0. The highest BCUT2D eigenvalue weighted by Gasteiger charge is 2.38. The van der Waals surface area contributed by atoms with Gasteiger partial charge in [-0.2, -0.15) is 29.6 Å². The molecule has 0 aromatic carbocycles. The molecule has 3 aromatic rings. The first kappa shape index (κ1) is 22.6. The first-order valence-electron chi connectivity index (χ1n) is 9.32. The Morgan fingerprint density at radius 2 is 1.97 bits per heavy atom. The molecule has 0 atom stereocenters. The van der Waals surface area contributed by atoms with Crippen molar-refractivity contribution >= 4 is 29.0 Å². The van der Waals surface area contributed by atoms with Gasteiger partial charge in [0.05, 0.1) is 5.69 Å².